The minimum atomic E-state index is -4.35. The van der Waals surface area contributed by atoms with Crippen LogP contribution in [-0.2, 0) is 28.9 Å². The number of methoxy groups -OCH3 is 1. The summed E-state index contributed by atoms with van der Waals surface area (Å²) in [6.45, 7) is 6.70. The molecule has 0 bridgehead atoms. The fourth-order valence-corrected chi connectivity index (χ4v) is 2.70. The van der Waals surface area contributed by atoms with Gasteiger partial charge in [0.05, 0.1) is 12.8 Å². The minimum absolute atomic E-state index is 0.472. The highest BCUT2D eigenvalue weighted by atomic mass is 32.2. The Morgan fingerprint density at radius 1 is 1.16 bits per heavy atom. The van der Waals surface area contributed by atoms with Crippen LogP contribution in [-0.4, -0.2) is 43.9 Å². The van der Waals surface area contributed by atoms with Crippen LogP contribution in [0.3, 0.4) is 0 Å². The van der Waals surface area contributed by atoms with E-state index in [0.29, 0.717) is 5.69 Å². The molecule has 138 valence electrons. The van der Waals surface area contributed by atoms with Crippen LogP contribution in [0.15, 0.2) is 29.4 Å². The van der Waals surface area contributed by atoms with Crippen molar-refractivity contribution in [3.8, 4) is 0 Å². The third-order valence-electron chi connectivity index (χ3n) is 2.72. The van der Waals surface area contributed by atoms with E-state index in [1.54, 1.807) is 45.0 Å². The molecular weight excluding hydrogens is 348 g/mol. The van der Waals surface area contributed by atoms with Crippen molar-refractivity contribution in [2.45, 2.75) is 33.3 Å². The number of hydrazone groups is 1. The molecule has 0 radical (unpaired) electrons. The molecule has 0 fully saturated rings. The Hall–Kier alpha value is -2.42. The van der Waals surface area contributed by atoms with Gasteiger partial charge in [-0.15, -0.1) is 0 Å². The Bertz CT molecular complexity index is 761. The van der Waals surface area contributed by atoms with Gasteiger partial charge in [-0.2, -0.15) is 5.10 Å². The van der Waals surface area contributed by atoms with Crippen molar-refractivity contribution in [1.82, 2.24) is 0 Å². The molecule has 0 aliphatic rings. The first-order chi connectivity index (χ1) is 11.4. The number of nitrogens with one attached hydrogen (secondary N) is 1. The molecule has 1 aromatic rings. The first-order valence-corrected chi connectivity index (χ1v) is 9.03. The number of anilines is 1. The molecule has 0 unspecified atom stereocenters. The van der Waals surface area contributed by atoms with Crippen LogP contribution in [0.1, 0.15) is 26.3 Å². The average molecular weight is 370 g/mol. The summed E-state index contributed by atoms with van der Waals surface area (Å²) in [7, 11) is -3.32. The van der Waals surface area contributed by atoms with Crippen LogP contribution in [0.5, 0.6) is 0 Å². The van der Waals surface area contributed by atoms with Crippen molar-refractivity contribution in [2.75, 3.05) is 18.3 Å². The Morgan fingerprint density at radius 3 is 2.20 bits per heavy atom. The van der Waals surface area contributed by atoms with Crippen molar-refractivity contribution < 1.29 is 27.5 Å². The lowest BCUT2D eigenvalue weighted by molar-refractivity contribution is -0.151. The molecule has 0 heterocycles. The van der Waals surface area contributed by atoms with E-state index in [1.807, 2.05) is 6.92 Å². The largest absolute Gasteiger partial charge is 0.464 e. The van der Waals surface area contributed by atoms with Crippen LogP contribution in [0.2, 0.25) is 0 Å². The molecule has 8 nitrogen and oxygen atoms in total. The number of aryl methyl sites for hydroxylation is 1. The first-order valence-electron chi connectivity index (χ1n) is 7.38. The molecule has 0 aromatic heterocycles. The van der Waals surface area contributed by atoms with Gasteiger partial charge in [0.15, 0.2) is 5.75 Å². The van der Waals surface area contributed by atoms with Crippen molar-refractivity contribution in [2.24, 2.45) is 5.10 Å². The molecule has 1 N–H and O–H groups in total. The summed E-state index contributed by atoms with van der Waals surface area (Å²) >= 11 is 0. The van der Waals surface area contributed by atoms with Crippen LogP contribution in [0, 0.1) is 6.92 Å². The smallest absolute Gasteiger partial charge is 0.370 e. The molecule has 0 aliphatic heterocycles. The predicted molar refractivity (Wildman–Crippen MR) is 93.9 cm³/mol. The van der Waals surface area contributed by atoms with Gasteiger partial charge in [0.1, 0.15) is 5.60 Å². The minimum Gasteiger partial charge on any atom is -0.464 e. The van der Waals surface area contributed by atoms with E-state index in [1.165, 1.54) is 0 Å². The van der Waals surface area contributed by atoms with Crippen LogP contribution < -0.4 is 5.43 Å². The lowest BCUT2D eigenvalue weighted by Crippen LogP contribution is -2.35. The highest BCUT2D eigenvalue weighted by Gasteiger charge is 2.33. The monoisotopic (exact) mass is 370 g/mol. The van der Waals surface area contributed by atoms with E-state index in [4.69, 9.17) is 4.74 Å². The summed E-state index contributed by atoms with van der Waals surface area (Å²) in [5.41, 5.74) is 3.09. The molecule has 25 heavy (non-hydrogen) atoms. The van der Waals surface area contributed by atoms with E-state index in [2.05, 4.69) is 15.3 Å². The van der Waals surface area contributed by atoms with Gasteiger partial charge in [0.2, 0.25) is 9.84 Å². The summed E-state index contributed by atoms with van der Waals surface area (Å²) in [5.74, 6) is -3.18. The zero-order chi connectivity index (χ0) is 19.3. The van der Waals surface area contributed by atoms with E-state index < -0.39 is 38.2 Å². The fraction of sp³-hybridized carbons (Fsp3) is 0.438. The van der Waals surface area contributed by atoms with Gasteiger partial charge in [-0.1, -0.05) is 17.7 Å². The van der Waals surface area contributed by atoms with Crippen LogP contribution >= 0.6 is 0 Å². The summed E-state index contributed by atoms with van der Waals surface area (Å²) in [6.07, 6.45) is 0. The highest BCUT2D eigenvalue weighted by Crippen LogP contribution is 2.11. The lowest BCUT2D eigenvalue weighted by atomic mass is 10.2. The van der Waals surface area contributed by atoms with Gasteiger partial charge in [-0.25, -0.2) is 13.2 Å². The number of rotatable bonds is 4. The maximum absolute atomic E-state index is 12.3. The number of ether oxygens (including phenoxy) is 2. The molecule has 0 saturated carbocycles. The number of hydrogen-bond donors (Lipinski definition) is 1. The molecule has 9 heteroatoms. The molecular formula is C16H22N2O6S. The Balaban J connectivity index is 3.03. The van der Waals surface area contributed by atoms with Gasteiger partial charge in [0.25, 0.3) is 5.04 Å². The number of benzene rings is 1. The normalized spacial score (nSPS) is 12.4. The number of sulfone groups is 1. The van der Waals surface area contributed by atoms with Crippen molar-refractivity contribution >= 4 is 32.5 Å². The van der Waals surface area contributed by atoms with E-state index >= 15 is 0 Å². The summed E-state index contributed by atoms with van der Waals surface area (Å²) < 4.78 is 34.1. The topological polar surface area (TPSA) is 111 Å². The molecule has 0 spiro atoms. The Labute approximate surface area is 147 Å². The van der Waals surface area contributed by atoms with E-state index in [9.17, 15) is 18.0 Å². The Kier molecular flexibility index (Phi) is 6.69. The summed E-state index contributed by atoms with van der Waals surface area (Å²) in [5, 5.41) is 2.71. The average Bonchev–Trinajstić information content (AvgIpc) is 2.46. The number of carbonyl (C=O) groups excluding carboxylic acids is 2. The van der Waals surface area contributed by atoms with Crippen LogP contribution in [0.4, 0.5) is 5.69 Å². The number of esters is 2. The van der Waals surface area contributed by atoms with Gasteiger partial charge in [-0.3, -0.25) is 10.2 Å². The van der Waals surface area contributed by atoms with Gasteiger partial charge >= 0.3 is 11.9 Å². The predicted octanol–water partition coefficient (Wildman–Crippen LogP) is 1.65. The van der Waals surface area contributed by atoms with Crippen molar-refractivity contribution in [1.29, 1.82) is 0 Å². The lowest BCUT2D eigenvalue weighted by Gasteiger charge is -2.19. The third kappa shape index (κ3) is 6.92. The second-order valence-corrected chi connectivity index (χ2v) is 8.14. The number of nitrogens with zero attached hydrogens (tertiary/aromatic N) is 1. The molecule has 1 rings (SSSR count). The third-order valence-corrected chi connectivity index (χ3v) is 4.18. The fourth-order valence-electron chi connectivity index (χ4n) is 1.67. The van der Waals surface area contributed by atoms with Gasteiger partial charge in [-0.05, 0) is 39.8 Å². The van der Waals surface area contributed by atoms with E-state index in [-0.39, 0.29) is 0 Å². The molecule has 0 aliphatic carbocycles. The SMILES string of the molecule is COC(=O)/C(=N\Nc1ccc(C)cc1)S(=O)(=O)CC(=O)OC(C)(C)C. The quantitative estimate of drug-likeness (QED) is 0.371. The molecule has 1 aromatic carbocycles. The molecule has 0 amide bonds. The second kappa shape index (κ2) is 8.11. The second-order valence-electron chi connectivity index (χ2n) is 6.23. The number of carbonyl (C=O) groups is 2. The first kappa shape index (κ1) is 20.6. The van der Waals surface area contributed by atoms with Crippen molar-refractivity contribution in [3.05, 3.63) is 29.8 Å². The highest BCUT2D eigenvalue weighted by molar-refractivity contribution is 8.08. The standard InChI is InChI=1S/C16H22N2O6S/c1-11-6-8-12(9-7-11)17-18-14(15(20)23-5)25(21,22)10-13(19)24-16(2,3)4/h6-9,17H,10H2,1-5H3/b18-14+. The van der Waals surface area contributed by atoms with Gasteiger partial charge < -0.3 is 9.47 Å². The maximum Gasteiger partial charge on any atom is 0.370 e. The van der Waals surface area contributed by atoms with Crippen LogP contribution in [0.25, 0.3) is 0 Å². The van der Waals surface area contributed by atoms with E-state index in [0.717, 1.165) is 12.7 Å². The number of hydrogen-bond acceptors (Lipinski definition) is 8. The zero-order valence-corrected chi connectivity index (χ0v) is 15.6. The molecule has 0 saturated heterocycles. The summed E-state index contributed by atoms with van der Waals surface area (Å²) in [6, 6.07) is 6.89. The Morgan fingerprint density at radius 2 is 1.72 bits per heavy atom. The van der Waals surface area contributed by atoms with Crippen molar-refractivity contribution in [3.63, 3.8) is 0 Å². The summed E-state index contributed by atoms with van der Waals surface area (Å²) in [4.78, 5) is 23.5. The maximum atomic E-state index is 12.3. The zero-order valence-electron chi connectivity index (χ0n) is 14.8. The molecule has 0 atom stereocenters. The van der Waals surface area contributed by atoms with Gasteiger partial charge in [0, 0.05) is 0 Å².